The average Bonchev–Trinajstić information content (AvgIpc) is 2.17. The van der Waals surface area contributed by atoms with Crippen molar-refractivity contribution in [3.63, 3.8) is 0 Å². The number of aliphatic hydroxyl groups is 2. The Balaban J connectivity index is 4.54. The maximum Gasteiger partial charge on any atom is 0.103 e. The van der Waals surface area contributed by atoms with Crippen LogP contribution < -0.4 is 0 Å². The second-order valence-electron chi connectivity index (χ2n) is 3.51. The monoisotopic (exact) mass is 184 g/mol. The number of hydrogen-bond donors (Lipinski definition) is 2. The van der Waals surface area contributed by atoms with Crippen molar-refractivity contribution in [3.05, 3.63) is 25.3 Å². The van der Waals surface area contributed by atoms with Gasteiger partial charge in [-0.25, -0.2) is 0 Å². The van der Waals surface area contributed by atoms with E-state index in [9.17, 15) is 10.2 Å². The van der Waals surface area contributed by atoms with Gasteiger partial charge < -0.3 is 10.2 Å². The summed E-state index contributed by atoms with van der Waals surface area (Å²) < 4.78 is 0. The molecule has 0 saturated heterocycles. The Morgan fingerprint density at radius 1 is 1.08 bits per heavy atom. The van der Waals surface area contributed by atoms with Crippen molar-refractivity contribution in [1.29, 1.82) is 0 Å². The summed E-state index contributed by atoms with van der Waals surface area (Å²) >= 11 is 0. The molecule has 13 heavy (non-hydrogen) atoms. The molecule has 0 aromatic rings. The fourth-order valence-corrected chi connectivity index (χ4v) is 1.25. The highest BCUT2D eigenvalue weighted by atomic mass is 16.3. The Kier molecular flexibility index (Phi) is 4.37. The molecule has 0 fully saturated rings. The van der Waals surface area contributed by atoms with Gasteiger partial charge in [0.15, 0.2) is 0 Å². The van der Waals surface area contributed by atoms with Gasteiger partial charge in [-0.1, -0.05) is 39.2 Å². The molecule has 0 aromatic heterocycles. The Labute approximate surface area is 80.6 Å². The predicted octanol–water partition coefficient (Wildman–Crippen LogP) is 2.03. The Hall–Kier alpha value is -0.600. The van der Waals surface area contributed by atoms with Crippen molar-refractivity contribution >= 4 is 0 Å². The first-order valence-electron chi connectivity index (χ1n) is 4.67. The maximum atomic E-state index is 9.97. The third-order valence-electron chi connectivity index (χ3n) is 2.64. The summed E-state index contributed by atoms with van der Waals surface area (Å²) in [6, 6.07) is 0. The summed E-state index contributed by atoms with van der Waals surface area (Å²) in [6.45, 7) is 10.8. The van der Waals surface area contributed by atoms with Gasteiger partial charge in [-0.05, 0) is 12.8 Å². The lowest BCUT2D eigenvalue weighted by Gasteiger charge is -2.32. The molecular formula is C11H20O2. The Bertz CT molecular complexity index is 173. The van der Waals surface area contributed by atoms with Crippen LogP contribution in [0.1, 0.15) is 33.1 Å². The highest BCUT2D eigenvalue weighted by molar-refractivity contribution is 5.10. The van der Waals surface area contributed by atoms with E-state index in [2.05, 4.69) is 13.2 Å². The van der Waals surface area contributed by atoms with Crippen molar-refractivity contribution in [3.8, 4) is 0 Å². The zero-order chi connectivity index (χ0) is 10.5. The Morgan fingerprint density at radius 2 is 1.46 bits per heavy atom. The second kappa shape index (κ2) is 4.58. The summed E-state index contributed by atoms with van der Waals surface area (Å²) in [6.07, 6.45) is 4.33. The molecule has 0 saturated carbocycles. The van der Waals surface area contributed by atoms with E-state index in [-0.39, 0.29) is 6.42 Å². The Morgan fingerprint density at radius 3 is 1.69 bits per heavy atom. The zero-order valence-electron chi connectivity index (χ0n) is 8.58. The third kappa shape index (κ3) is 3.33. The van der Waals surface area contributed by atoms with Crippen LogP contribution in [0.3, 0.4) is 0 Å². The molecule has 76 valence electrons. The van der Waals surface area contributed by atoms with Crippen LogP contribution in [0.2, 0.25) is 0 Å². The molecule has 0 amide bonds. The molecule has 0 aliphatic heterocycles. The first-order chi connectivity index (χ1) is 5.95. The number of rotatable bonds is 6. The van der Waals surface area contributed by atoms with Gasteiger partial charge in [0.25, 0.3) is 0 Å². The summed E-state index contributed by atoms with van der Waals surface area (Å²) in [5.41, 5.74) is -1.97. The van der Waals surface area contributed by atoms with Gasteiger partial charge in [-0.15, -0.1) is 0 Å². The quantitative estimate of drug-likeness (QED) is 0.620. The molecule has 0 aliphatic rings. The first kappa shape index (κ1) is 12.4. The van der Waals surface area contributed by atoms with E-state index in [4.69, 9.17) is 0 Å². The number of hydrogen-bond acceptors (Lipinski definition) is 2. The van der Waals surface area contributed by atoms with E-state index in [1.54, 1.807) is 0 Å². The van der Waals surface area contributed by atoms with Crippen molar-refractivity contribution in [2.75, 3.05) is 0 Å². The SMILES string of the molecule is C=CC(O)(C=C)CC(O)(CC)CC. The zero-order valence-corrected chi connectivity index (χ0v) is 8.58. The van der Waals surface area contributed by atoms with Crippen LogP contribution in [-0.2, 0) is 0 Å². The molecule has 0 aromatic carbocycles. The van der Waals surface area contributed by atoms with E-state index in [0.29, 0.717) is 12.8 Å². The third-order valence-corrected chi connectivity index (χ3v) is 2.64. The van der Waals surface area contributed by atoms with E-state index >= 15 is 0 Å². The molecule has 2 heteroatoms. The van der Waals surface area contributed by atoms with Crippen molar-refractivity contribution in [2.24, 2.45) is 0 Å². The van der Waals surface area contributed by atoms with E-state index < -0.39 is 11.2 Å². The topological polar surface area (TPSA) is 40.5 Å². The minimum atomic E-state index is -1.15. The molecule has 2 nitrogen and oxygen atoms in total. The van der Waals surface area contributed by atoms with Crippen LogP contribution in [0.15, 0.2) is 25.3 Å². The van der Waals surface area contributed by atoms with Crippen LogP contribution in [0, 0.1) is 0 Å². The molecule has 0 aliphatic carbocycles. The van der Waals surface area contributed by atoms with E-state index in [1.807, 2.05) is 13.8 Å². The van der Waals surface area contributed by atoms with Gasteiger partial charge in [0.1, 0.15) is 5.60 Å². The lowest BCUT2D eigenvalue weighted by atomic mass is 9.83. The van der Waals surface area contributed by atoms with Crippen LogP contribution in [0.25, 0.3) is 0 Å². The fourth-order valence-electron chi connectivity index (χ4n) is 1.25. The van der Waals surface area contributed by atoms with Crippen molar-refractivity contribution < 1.29 is 10.2 Å². The lowest BCUT2D eigenvalue weighted by molar-refractivity contribution is -0.0277. The lowest BCUT2D eigenvalue weighted by Crippen LogP contribution is -2.38. The normalized spacial score (nSPS) is 12.6. The molecule has 0 rings (SSSR count). The van der Waals surface area contributed by atoms with E-state index in [0.717, 1.165) is 0 Å². The molecule has 2 N–H and O–H groups in total. The highest BCUT2D eigenvalue weighted by Gasteiger charge is 2.32. The molecule has 0 bridgehead atoms. The fraction of sp³-hybridized carbons (Fsp3) is 0.636. The second-order valence-corrected chi connectivity index (χ2v) is 3.51. The van der Waals surface area contributed by atoms with Gasteiger partial charge in [0.2, 0.25) is 0 Å². The largest absolute Gasteiger partial charge is 0.390 e. The molecule has 0 unspecified atom stereocenters. The predicted molar refractivity (Wildman–Crippen MR) is 55.5 cm³/mol. The van der Waals surface area contributed by atoms with Crippen LogP contribution in [-0.4, -0.2) is 21.4 Å². The molecule has 0 atom stereocenters. The molecule has 0 spiro atoms. The summed E-state index contributed by atoms with van der Waals surface area (Å²) in [7, 11) is 0. The minimum absolute atomic E-state index is 0.264. The van der Waals surface area contributed by atoms with Gasteiger partial charge >= 0.3 is 0 Å². The highest BCUT2D eigenvalue weighted by Crippen LogP contribution is 2.28. The van der Waals surface area contributed by atoms with Gasteiger partial charge in [0, 0.05) is 6.42 Å². The first-order valence-corrected chi connectivity index (χ1v) is 4.67. The van der Waals surface area contributed by atoms with Crippen molar-refractivity contribution in [1.82, 2.24) is 0 Å². The summed E-state index contributed by atoms with van der Waals surface area (Å²) in [5.74, 6) is 0. The summed E-state index contributed by atoms with van der Waals surface area (Å²) in [4.78, 5) is 0. The van der Waals surface area contributed by atoms with Gasteiger partial charge in [-0.3, -0.25) is 0 Å². The van der Waals surface area contributed by atoms with Crippen LogP contribution in [0.4, 0.5) is 0 Å². The van der Waals surface area contributed by atoms with Gasteiger partial charge in [-0.2, -0.15) is 0 Å². The molecular weight excluding hydrogens is 164 g/mol. The average molecular weight is 184 g/mol. The minimum Gasteiger partial charge on any atom is -0.390 e. The van der Waals surface area contributed by atoms with Gasteiger partial charge in [0.05, 0.1) is 5.60 Å². The smallest absolute Gasteiger partial charge is 0.103 e. The van der Waals surface area contributed by atoms with Crippen LogP contribution >= 0.6 is 0 Å². The van der Waals surface area contributed by atoms with E-state index in [1.165, 1.54) is 12.2 Å². The van der Waals surface area contributed by atoms with Crippen molar-refractivity contribution in [2.45, 2.75) is 44.3 Å². The molecule has 0 heterocycles. The van der Waals surface area contributed by atoms with Crippen LogP contribution in [0.5, 0.6) is 0 Å². The maximum absolute atomic E-state index is 9.97. The standard InChI is InChI=1S/C11H20O2/c1-5-10(12,6-2)9-11(13,7-3)8-4/h5-6,12-13H,1-2,7-9H2,3-4H3. The molecule has 0 radical (unpaired) electrons. The summed E-state index contributed by atoms with van der Waals surface area (Å²) in [5, 5.41) is 19.8.